The fourth-order valence-electron chi connectivity index (χ4n) is 2.55. The van der Waals surface area contributed by atoms with E-state index in [1.54, 1.807) is 14.2 Å². The van der Waals surface area contributed by atoms with Crippen molar-refractivity contribution in [2.45, 2.75) is 31.3 Å². The molecular formula is C14H18O3. The number of ketones is 1. The lowest BCUT2D eigenvalue weighted by Gasteiger charge is -2.29. The van der Waals surface area contributed by atoms with E-state index in [2.05, 4.69) is 0 Å². The molecular weight excluding hydrogens is 216 g/mol. The van der Waals surface area contributed by atoms with Crippen LogP contribution in [0, 0.1) is 0 Å². The van der Waals surface area contributed by atoms with E-state index in [0.29, 0.717) is 12.8 Å². The third-order valence-corrected chi connectivity index (χ3v) is 3.70. The summed E-state index contributed by atoms with van der Waals surface area (Å²) in [6, 6.07) is 7.88. The van der Waals surface area contributed by atoms with Crippen molar-refractivity contribution in [2.75, 3.05) is 14.2 Å². The van der Waals surface area contributed by atoms with Crippen LogP contribution in [0.4, 0.5) is 0 Å². The third kappa shape index (κ3) is 2.20. The van der Waals surface area contributed by atoms with Crippen molar-refractivity contribution in [2.24, 2.45) is 0 Å². The molecule has 0 heterocycles. The molecule has 0 radical (unpaired) electrons. The quantitative estimate of drug-likeness (QED) is 0.806. The van der Waals surface area contributed by atoms with Gasteiger partial charge in [-0.2, -0.15) is 0 Å². The summed E-state index contributed by atoms with van der Waals surface area (Å²) in [5, 5.41) is 0. The monoisotopic (exact) mass is 234 g/mol. The lowest BCUT2D eigenvalue weighted by molar-refractivity contribution is -0.119. The van der Waals surface area contributed by atoms with Crippen molar-refractivity contribution in [3.05, 3.63) is 29.8 Å². The van der Waals surface area contributed by atoms with Crippen molar-refractivity contribution in [1.29, 1.82) is 0 Å². The van der Waals surface area contributed by atoms with Crippen LogP contribution in [0.3, 0.4) is 0 Å². The normalized spacial score (nSPS) is 28.4. The Hall–Kier alpha value is -1.35. The van der Waals surface area contributed by atoms with Crippen molar-refractivity contribution in [3.8, 4) is 5.75 Å². The maximum atomic E-state index is 11.6. The number of methoxy groups -OCH3 is 2. The lowest BCUT2D eigenvalue weighted by Crippen LogP contribution is -2.30. The molecule has 1 aromatic carbocycles. The smallest absolute Gasteiger partial charge is 0.136 e. The van der Waals surface area contributed by atoms with E-state index in [0.717, 1.165) is 11.3 Å². The SMILES string of the molecule is COc1ccc([C@H]2CC(=O)C[C@]2(C)OC)cc1. The zero-order valence-corrected chi connectivity index (χ0v) is 10.5. The largest absolute Gasteiger partial charge is 0.497 e. The van der Waals surface area contributed by atoms with E-state index < -0.39 is 0 Å². The second kappa shape index (κ2) is 4.49. The number of hydrogen-bond donors (Lipinski definition) is 0. The number of benzene rings is 1. The average Bonchev–Trinajstić information content (AvgIpc) is 2.66. The highest BCUT2D eigenvalue weighted by Crippen LogP contribution is 2.43. The van der Waals surface area contributed by atoms with Gasteiger partial charge in [0.2, 0.25) is 0 Å². The molecule has 0 spiro atoms. The Bertz CT molecular complexity index is 410. The Balaban J connectivity index is 2.28. The van der Waals surface area contributed by atoms with Crippen LogP contribution in [-0.2, 0) is 9.53 Å². The van der Waals surface area contributed by atoms with Gasteiger partial charge in [-0.1, -0.05) is 12.1 Å². The first-order valence-electron chi connectivity index (χ1n) is 5.80. The molecule has 1 aliphatic rings. The Labute approximate surface area is 102 Å². The molecule has 0 unspecified atom stereocenters. The Kier molecular flexibility index (Phi) is 3.20. The highest BCUT2D eigenvalue weighted by atomic mass is 16.5. The number of hydrogen-bond acceptors (Lipinski definition) is 3. The first-order valence-corrected chi connectivity index (χ1v) is 5.80. The minimum atomic E-state index is -0.369. The summed E-state index contributed by atoms with van der Waals surface area (Å²) in [4.78, 5) is 11.6. The molecule has 2 rings (SSSR count). The molecule has 0 aliphatic heterocycles. The van der Waals surface area contributed by atoms with Gasteiger partial charge in [-0.15, -0.1) is 0 Å². The Morgan fingerprint density at radius 3 is 2.41 bits per heavy atom. The summed E-state index contributed by atoms with van der Waals surface area (Å²) in [7, 11) is 3.32. The fraction of sp³-hybridized carbons (Fsp3) is 0.500. The molecule has 1 aliphatic carbocycles. The highest BCUT2D eigenvalue weighted by Gasteiger charge is 2.44. The lowest BCUT2D eigenvalue weighted by atomic mass is 9.86. The number of carbonyl (C=O) groups is 1. The highest BCUT2D eigenvalue weighted by molar-refractivity contribution is 5.83. The van der Waals surface area contributed by atoms with Crippen molar-refractivity contribution < 1.29 is 14.3 Å². The van der Waals surface area contributed by atoms with Crippen LogP contribution < -0.4 is 4.74 Å². The number of carbonyl (C=O) groups excluding carboxylic acids is 1. The second-order valence-electron chi connectivity index (χ2n) is 4.76. The summed E-state index contributed by atoms with van der Waals surface area (Å²) >= 11 is 0. The van der Waals surface area contributed by atoms with E-state index in [1.807, 2.05) is 31.2 Å². The van der Waals surface area contributed by atoms with Gasteiger partial charge in [0.05, 0.1) is 12.7 Å². The van der Waals surface area contributed by atoms with Crippen molar-refractivity contribution >= 4 is 5.78 Å². The predicted molar refractivity (Wildman–Crippen MR) is 65.4 cm³/mol. The molecule has 3 heteroatoms. The summed E-state index contributed by atoms with van der Waals surface area (Å²) in [5.41, 5.74) is 0.770. The zero-order chi connectivity index (χ0) is 12.5. The van der Waals surface area contributed by atoms with Crippen LogP contribution in [0.25, 0.3) is 0 Å². The topological polar surface area (TPSA) is 35.5 Å². The minimum absolute atomic E-state index is 0.144. The molecule has 1 fully saturated rings. The zero-order valence-electron chi connectivity index (χ0n) is 10.5. The molecule has 1 saturated carbocycles. The molecule has 3 nitrogen and oxygen atoms in total. The van der Waals surface area contributed by atoms with Crippen LogP contribution in [0.5, 0.6) is 5.75 Å². The average molecular weight is 234 g/mol. The fourth-order valence-corrected chi connectivity index (χ4v) is 2.55. The molecule has 17 heavy (non-hydrogen) atoms. The van der Waals surface area contributed by atoms with E-state index >= 15 is 0 Å². The second-order valence-corrected chi connectivity index (χ2v) is 4.76. The van der Waals surface area contributed by atoms with Gasteiger partial charge in [0.1, 0.15) is 11.5 Å². The van der Waals surface area contributed by atoms with Gasteiger partial charge >= 0.3 is 0 Å². The Morgan fingerprint density at radius 1 is 1.24 bits per heavy atom. The Morgan fingerprint density at radius 2 is 1.88 bits per heavy atom. The van der Waals surface area contributed by atoms with Crippen molar-refractivity contribution in [3.63, 3.8) is 0 Å². The standard InChI is InChI=1S/C14H18O3/c1-14(17-3)9-11(15)8-13(14)10-4-6-12(16-2)7-5-10/h4-7,13H,8-9H2,1-3H3/t13-,14+/m1/s1. The molecule has 0 saturated heterocycles. The van der Waals surface area contributed by atoms with Crippen LogP contribution in [0.1, 0.15) is 31.2 Å². The van der Waals surface area contributed by atoms with Gasteiger partial charge in [-0.25, -0.2) is 0 Å². The molecule has 1 aromatic rings. The molecule has 2 atom stereocenters. The molecule has 92 valence electrons. The van der Waals surface area contributed by atoms with E-state index in [9.17, 15) is 4.79 Å². The first-order chi connectivity index (χ1) is 8.09. The number of Topliss-reactive ketones (excluding diaryl/α,β-unsaturated/α-hetero) is 1. The third-order valence-electron chi connectivity index (χ3n) is 3.70. The summed E-state index contributed by atoms with van der Waals surface area (Å²) in [6.07, 6.45) is 1.07. The maximum absolute atomic E-state index is 11.6. The summed E-state index contributed by atoms with van der Waals surface area (Å²) in [6.45, 7) is 2.01. The molecule has 0 amide bonds. The van der Waals surface area contributed by atoms with Crippen LogP contribution >= 0.6 is 0 Å². The van der Waals surface area contributed by atoms with Gasteiger partial charge in [-0.3, -0.25) is 4.79 Å². The maximum Gasteiger partial charge on any atom is 0.136 e. The van der Waals surface area contributed by atoms with Gasteiger partial charge in [0.25, 0.3) is 0 Å². The van der Waals surface area contributed by atoms with Gasteiger partial charge in [0, 0.05) is 25.9 Å². The van der Waals surface area contributed by atoms with Crippen LogP contribution in [0.15, 0.2) is 24.3 Å². The molecule has 0 N–H and O–H groups in total. The van der Waals surface area contributed by atoms with E-state index in [1.165, 1.54) is 0 Å². The predicted octanol–water partition coefficient (Wildman–Crippen LogP) is 2.55. The van der Waals surface area contributed by atoms with E-state index in [-0.39, 0.29) is 17.3 Å². The summed E-state index contributed by atoms with van der Waals surface area (Å²) in [5.74, 6) is 1.25. The van der Waals surface area contributed by atoms with Gasteiger partial charge in [-0.05, 0) is 24.6 Å². The first kappa shape index (κ1) is 12.1. The van der Waals surface area contributed by atoms with E-state index in [4.69, 9.17) is 9.47 Å². The number of ether oxygens (including phenoxy) is 2. The van der Waals surface area contributed by atoms with Crippen LogP contribution in [0.2, 0.25) is 0 Å². The van der Waals surface area contributed by atoms with Gasteiger partial charge in [0.15, 0.2) is 0 Å². The summed E-state index contributed by atoms with van der Waals surface area (Å²) < 4.78 is 10.7. The van der Waals surface area contributed by atoms with Crippen LogP contribution in [-0.4, -0.2) is 25.6 Å². The molecule has 0 bridgehead atoms. The van der Waals surface area contributed by atoms with Gasteiger partial charge < -0.3 is 9.47 Å². The number of rotatable bonds is 3. The minimum Gasteiger partial charge on any atom is -0.497 e. The molecule has 0 aromatic heterocycles. The van der Waals surface area contributed by atoms with Crippen molar-refractivity contribution in [1.82, 2.24) is 0 Å².